The molecule has 4 nitrogen and oxygen atoms in total. The normalized spacial score (nSPS) is 10.8. The molecule has 9 aromatic rings. The van der Waals surface area contributed by atoms with Crippen molar-refractivity contribution in [2.45, 2.75) is 0 Å². The summed E-state index contributed by atoms with van der Waals surface area (Å²) in [6.45, 7) is 0. The quantitative estimate of drug-likeness (QED) is 0.123. The topological polar surface area (TPSA) is 13.0 Å². The fourth-order valence-corrected chi connectivity index (χ4v) is 7.65. The molecule has 0 saturated carbocycles. The minimum Gasteiger partial charge on any atom is -0.308 e. The van der Waals surface area contributed by atoms with Gasteiger partial charge in [0.25, 0.3) is 0 Å². The van der Waals surface area contributed by atoms with E-state index in [1.54, 1.807) is 0 Å². The predicted octanol–water partition coefficient (Wildman–Crippen LogP) is 15.6. The SMILES string of the molecule is c1ccc(N(c2ccccc2)c2ccc(N(c3ccccc3)c3ccccc3)c(N(c3ccccc3)c3ccccc3)c2N(c2ccccc2)c2ccccc2)cc1. The highest BCUT2D eigenvalue weighted by atomic mass is 15.3. The average molecular weight is 747 g/mol. The maximum Gasteiger partial charge on any atom is 0.0968 e. The van der Waals surface area contributed by atoms with E-state index in [-0.39, 0.29) is 0 Å². The minimum atomic E-state index is 0.993. The fourth-order valence-electron chi connectivity index (χ4n) is 7.65. The molecule has 0 saturated heterocycles. The summed E-state index contributed by atoms with van der Waals surface area (Å²) >= 11 is 0. The summed E-state index contributed by atoms with van der Waals surface area (Å²) in [6.07, 6.45) is 0. The molecule has 9 rings (SSSR count). The highest BCUT2D eigenvalue weighted by molar-refractivity contribution is 6.07. The Morgan fingerprint density at radius 1 is 0.155 bits per heavy atom. The lowest BCUT2D eigenvalue weighted by atomic mass is 10.0. The third kappa shape index (κ3) is 7.30. The van der Waals surface area contributed by atoms with Crippen molar-refractivity contribution in [3.05, 3.63) is 255 Å². The van der Waals surface area contributed by atoms with E-state index in [1.165, 1.54) is 0 Å². The van der Waals surface area contributed by atoms with Crippen LogP contribution in [0.25, 0.3) is 0 Å². The molecule has 58 heavy (non-hydrogen) atoms. The lowest BCUT2D eigenvalue weighted by molar-refractivity contribution is 1.17. The van der Waals surface area contributed by atoms with Gasteiger partial charge in [-0.3, -0.25) is 0 Å². The largest absolute Gasteiger partial charge is 0.308 e. The van der Waals surface area contributed by atoms with E-state index >= 15 is 0 Å². The van der Waals surface area contributed by atoms with Crippen LogP contribution in [-0.2, 0) is 0 Å². The van der Waals surface area contributed by atoms with Crippen LogP contribution in [-0.4, -0.2) is 0 Å². The van der Waals surface area contributed by atoms with Crippen LogP contribution in [0.4, 0.5) is 68.2 Å². The van der Waals surface area contributed by atoms with Crippen molar-refractivity contribution in [3.8, 4) is 0 Å². The second-order valence-corrected chi connectivity index (χ2v) is 13.8. The van der Waals surface area contributed by atoms with Crippen LogP contribution in [0.1, 0.15) is 0 Å². The van der Waals surface area contributed by atoms with Crippen molar-refractivity contribution in [2.75, 3.05) is 19.6 Å². The first-order valence-corrected chi connectivity index (χ1v) is 19.6. The Bertz CT molecular complexity index is 2300. The number of hydrogen-bond donors (Lipinski definition) is 0. The van der Waals surface area contributed by atoms with Gasteiger partial charge in [-0.1, -0.05) is 146 Å². The van der Waals surface area contributed by atoms with Gasteiger partial charge in [-0.25, -0.2) is 0 Å². The number of benzene rings is 9. The van der Waals surface area contributed by atoms with E-state index in [1.807, 2.05) is 0 Å². The molecule has 0 aromatic heterocycles. The molecular formula is C54H42N4. The van der Waals surface area contributed by atoms with Gasteiger partial charge in [0, 0.05) is 45.5 Å². The summed E-state index contributed by atoms with van der Waals surface area (Å²) in [6, 6.07) is 90.1. The van der Waals surface area contributed by atoms with E-state index in [2.05, 4.69) is 274 Å². The van der Waals surface area contributed by atoms with Crippen LogP contribution in [0.2, 0.25) is 0 Å². The molecule has 0 N–H and O–H groups in total. The van der Waals surface area contributed by atoms with Crippen molar-refractivity contribution in [1.82, 2.24) is 0 Å². The summed E-state index contributed by atoms with van der Waals surface area (Å²) in [5.74, 6) is 0. The van der Waals surface area contributed by atoms with Gasteiger partial charge < -0.3 is 19.6 Å². The molecule has 4 heteroatoms. The smallest absolute Gasteiger partial charge is 0.0968 e. The first-order valence-electron chi connectivity index (χ1n) is 19.6. The van der Waals surface area contributed by atoms with Crippen LogP contribution < -0.4 is 19.6 Å². The second-order valence-electron chi connectivity index (χ2n) is 13.8. The van der Waals surface area contributed by atoms with Gasteiger partial charge in [-0.05, 0) is 109 Å². The van der Waals surface area contributed by atoms with Crippen LogP contribution in [0.5, 0.6) is 0 Å². The Labute approximate surface area is 341 Å². The highest BCUT2D eigenvalue weighted by Crippen LogP contribution is 2.58. The van der Waals surface area contributed by atoms with Crippen LogP contribution in [0.3, 0.4) is 0 Å². The highest BCUT2D eigenvalue weighted by Gasteiger charge is 2.33. The van der Waals surface area contributed by atoms with Crippen molar-refractivity contribution < 1.29 is 0 Å². The Hall–Kier alpha value is -7.82. The first kappa shape index (κ1) is 35.9. The van der Waals surface area contributed by atoms with E-state index < -0.39 is 0 Å². The first-order chi connectivity index (χ1) is 28.8. The number of hydrogen-bond acceptors (Lipinski definition) is 4. The molecule has 0 radical (unpaired) electrons. The molecule has 0 unspecified atom stereocenters. The van der Waals surface area contributed by atoms with E-state index in [9.17, 15) is 0 Å². The summed E-state index contributed by atoms with van der Waals surface area (Å²) in [7, 11) is 0. The fraction of sp³-hybridized carbons (Fsp3) is 0. The summed E-state index contributed by atoms with van der Waals surface area (Å²) in [5, 5.41) is 0. The molecule has 0 fully saturated rings. The van der Waals surface area contributed by atoms with E-state index in [0.29, 0.717) is 0 Å². The minimum absolute atomic E-state index is 0.993. The van der Waals surface area contributed by atoms with Gasteiger partial charge in [-0.2, -0.15) is 0 Å². The lowest BCUT2D eigenvalue weighted by Crippen LogP contribution is -2.23. The van der Waals surface area contributed by atoms with Gasteiger partial charge in [0.2, 0.25) is 0 Å². The monoisotopic (exact) mass is 746 g/mol. The van der Waals surface area contributed by atoms with Gasteiger partial charge in [0.1, 0.15) is 0 Å². The lowest BCUT2D eigenvalue weighted by Gasteiger charge is -2.40. The summed E-state index contributed by atoms with van der Waals surface area (Å²) < 4.78 is 0. The molecular weight excluding hydrogens is 705 g/mol. The van der Waals surface area contributed by atoms with E-state index in [0.717, 1.165) is 68.2 Å². The molecule has 0 bridgehead atoms. The molecule has 0 aliphatic carbocycles. The van der Waals surface area contributed by atoms with Gasteiger partial charge in [0.15, 0.2) is 0 Å². The van der Waals surface area contributed by atoms with Crippen LogP contribution in [0.15, 0.2) is 255 Å². The Balaban J connectivity index is 1.50. The molecule has 0 heterocycles. The maximum atomic E-state index is 2.42. The van der Waals surface area contributed by atoms with Crippen molar-refractivity contribution >= 4 is 68.2 Å². The van der Waals surface area contributed by atoms with Gasteiger partial charge in [0.05, 0.1) is 22.7 Å². The predicted molar refractivity (Wildman–Crippen MR) is 245 cm³/mol. The zero-order valence-electron chi connectivity index (χ0n) is 32.0. The molecule has 9 aromatic carbocycles. The van der Waals surface area contributed by atoms with Crippen molar-refractivity contribution in [2.24, 2.45) is 0 Å². The Morgan fingerprint density at radius 3 is 0.483 bits per heavy atom. The Morgan fingerprint density at radius 2 is 0.310 bits per heavy atom. The van der Waals surface area contributed by atoms with E-state index in [4.69, 9.17) is 0 Å². The van der Waals surface area contributed by atoms with Crippen LogP contribution >= 0.6 is 0 Å². The van der Waals surface area contributed by atoms with Crippen molar-refractivity contribution in [1.29, 1.82) is 0 Å². The standard InChI is InChI=1S/C54H42N4/c1-9-25-43(26-10-1)55(44-27-11-2-12-28-44)51-41-42-52(56(45-29-13-3-14-30-45)46-31-15-4-16-32-46)54(58(49-37-21-7-22-38-49)50-39-23-8-24-40-50)53(51)57(47-33-17-5-18-34-47)48-35-19-6-20-36-48/h1-42H. The third-order valence-electron chi connectivity index (χ3n) is 10.2. The number of rotatable bonds is 12. The molecule has 0 amide bonds. The number of anilines is 12. The molecule has 0 aliphatic rings. The second kappa shape index (κ2) is 16.9. The summed E-state index contributed by atoms with van der Waals surface area (Å²) in [5.41, 5.74) is 12.3. The Kier molecular flexibility index (Phi) is 10.5. The number of nitrogens with zero attached hydrogens (tertiary/aromatic N) is 4. The average Bonchev–Trinajstić information content (AvgIpc) is 3.31. The van der Waals surface area contributed by atoms with Crippen molar-refractivity contribution in [3.63, 3.8) is 0 Å². The van der Waals surface area contributed by atoms with Crippen LogP contribution in [0, 0.1) is 0 Å². The molecule has 0 aliphatic heterocycles. The van der Waals surface area contributed by atoms with Gasteiger partial charge >= 0.3 is 0 Å². The molecule has 0 atom stereocenters. The number of para-hydroxylation sites is 8. The zero-order valence-corrected chi connectivity index (χ0v) is 32.0. The zero-order chi connectivity index (χ0) is 38.9. The maximum absolute atomic E-state index is 2.42. The molecule has 278 valence electrons. The third-order valence-corrected chi connectivity index (χ3v) is 10.2. The van der Waals surface area contributed by atoms with Gasteiger partial charge in [-0.15, -0.1) is 0 Å². The summed E-state index contributed by atoms with van der Waals surface area (Å²) in [4.78, 5) is 9.59. The molecule has 0 spiro atoms.